The molecule has 20 heavy (non-hydrogen) atoms. The number of nitrogens with zero attached hydrogens (tertiary/aromatic N) is 1. The standard InChI is InChI=1S/C16H21NO3/c1-15(2,3)20-14(19)17-9-16(10-17)8-11-6-4-5-7-12(11)13(16)18/h4-7,13,18H,8-10H2,1-3H3. The van der Waals surface area contributed by atoms with E-state index in [1.807, 2.05) is 39.0 Å². The molecule has 1 aliphatic carbocycles. The molecular weight excluding hydrogens is 254 g/mol. The van der Waals surface area contributed by atoms with E-state index >= 15 is 0 Å². The largest absolute Gasteiger partial charge is 0.444 e. The van der Waals surface area contributed by atoms with Crippen molar-refractivity contribution < 1.29 is 14.6 Å². The zero-order valence-electron chi connectivity index (χ0n) is 12.2. The second kappa shape index (κ2) is 4.22. The first-order chi connectivity index (χ1) is 9.31. The van der Waals surface area contributed by atoms with Gasteiger partial charge in [-0.05, 0) is 38.3 Å². The Morgan fingerprint density at radius 2 is 2.00 bits per heavy atom. The third-order valence-corrected chi connectivity index (χ3v) is 4.14. The zero-order chi connectivity index (χ0) is 14.5. The van der Waals surface area contributed by atoms with Crippen LogP contribution in [-0.4, -0.2) is 34.8 Å². The predicted octanol–water partition coefficient (Wildman–Crippen LogP) is 2.51. The van der Waals surface area contributed by atoms with Crippen LogP contribution in [0.1, 0.15) is 38.0 Å². The number of carbonyl (C=O) groups is 1. The van der Waals surface area contributed by atoms with Crippen LogP contribution in [0.25, 0.3) is 0 Å². The molecule has 0 radical (unpaired) electrons. The van der Waals surface area contributed by atoms with E-state index in [9.17, 15) is 9.90 Å². The fourth-order valence-electron chi connectivity index (χ4n) is 3.22. The van der Waals surface area contributed by atoms with E-state index in [1.165, 1.54) is 5.56 Å². The monoisotopic (exact) mass is 275 g/mol. The van der Waals surface area contributed by atoms with Gasteiger partial charge in [0.05, 0.1) is 6.10 Å². The number of aliphatic hydroxyl groups excluding tert-OH is 1. The first-order valence-corrected chi connectivity index (χ1v) is 7.05. The van der Waals surface area contributed by atoms with Gasteiger partial charge < -0.3 is 14.7 Å². The molecule has 1 unspecified atom stereocenters. The molecule has 1 aliphatic heterocycles. The Hall–Kier alpha value is -1.55. The molecule has 1 saturated heterocycles. The van der Waals surface area contributed by atoms with Crippen molar-refractivity contribution in [3.63, 3.8) is 0 Å². The van der Waals surface area contributed by atoms with Crippen LogP contribution in [0, 0.1) is 5.41 Å². The summed E-state index contributed by atoms with van der Waals surface area (Å²) in [5, 5.41) is 10.5. The molecule has 1 aromatic carbocycles. The fourth-order valence-corrected chi connectivity index (χ4v) is 3.22. The van der Waals surface area contributed by atoms with E-state index < -0.39 is 11.7 Å². The van der Waals surface area contributed by atoms with Crippen LogP contribution in [0.5, 0.6) is 0 Å². The molecule has 0 aromatic heterocycles. The van der Waals surface area contributed by atoms with Gasteiger partial charge in [-0.25, -0.2) is 4.79 Å². The third-order valence-electron chi connectivity index (χ3n) is 4.14. The summed E-state index contributed by atoms with van der Waals surface area (Å²) in [5.41, 5.74) is 1.53. The first kappa shape index (κ1) is 13.4. The minimum absolute atomic E-state index is 0.208. The molecule has 1 fully saturated rings. The van der Waals surface area contributed by atoms with Crippen LogP contribution >= 0.6 is 0 Å². The van der Waals surface area contributed by atoms with E-state index in [-0.39, 0.29) is 11.5 Å². The maximum atomic E-state index is 12.0. The molecular formula is C16H21NO3. The molecule has 1 atom stereocenters. The van der Waals surface area contributed by atoms with Gasteiger partial charge in [-0.3, -0.25) is 0 Å². The van der Waals surface area contributed by atoms with Gasteiger partial charge in [-0.1, -0.05) is 24.3 Å². The maximum absolute atomic E-state index is 12.0. The lowest BCUT2D eigenvalue weighted by Crippen LogP contribution is -2.61. The van der Waals surface area contributed by atoms with Gasteiger partial charge in [-0.15, -0.1) is 0 Å². The maximum Gasteiger partial charge on any atom is 0.410 e. The average Bonchev–Trinajstić information content (AvgIpc) is 2.59. The van der Waals surface area contributed by atoms with Crippen molar-refractivity contribution in [2.75, 3.05) is 13.1 Å². The Balaban J connectivity index is 1.68. The molecule has 1 aromatic rings. The zero-order valence-corrected chi connectivity index (χ0v) is 12.2. The van der Waals surface area contributed by atoms with Crippen molar-refractivity contribution in [3.8, 4) is 0 Å². The number of rotatable bonds is 0. The van der Waals surface area contributed by atoms with Gasteiger partial charge >= 0.3 is 6.09 Å². The van der Waals surface area contributed by atoms with E-state index in [1.54, 1.807) is 4.90 Å². The Morgan fingerprint density at radius 3 is 2.60 bits per heavy atom. The second-order valence-corrected chi connectivity index (χ2v) is 6.98. The first-order valence-electron chi connectivity index (χ1n) is 7.05. The highest BCUT2D eigenvalue weighted by Gasteiger charge is 2.55. The number of amides is 1. The lowest BCUT2D eigenvalue weighted by Gasteiger charge is -2.49. The Kier molecular flexibility index (Phi) is 2.83. The molecule has 1 N–H and O–H groups in total. The molecule has 0 saturated carbocycles. The number of hydrogen-bond donors (Lipinski definition) is 1. The highest BCUT2D eigenvalue weighted by molar-refractivity contribution is 5.70. The van der Waals surface area contributed by atoms with Crippen LogP contribution in [0.2, 0.25) is 0 Å². The van der Waals surface area contributed by atoms with Crippen molar-refractivity contribution in [3.05, 3.63) is 35.4 Å². The van der Waals surface area contributed by atoms with Crippen LogP contribution in [0.15, 0.2) is 24.3 Å². The number of aliphatic hydroxyl groups is 1. The smallest absolute Gasteiger partial charge is 0.410 e. The summed E-state index contributed by atoms with van der Waals surface area (Å²) in [5.74, 6) is 0. The minimum Gasteiger partial charge on any atom is -0.444 e. The molecule has 108 valence electrons. The summed E-state index contributed by atoms with van der Waals surface area (Å²) in [6.45, 7) is 6.72. The summed E-state index contributed by atoms with van der Waals surface area (Å²) >= 11 is 0. The summed E-state index contributed by atoms with van der Waals surface area (Å²) in [6, 6.07) is 7.98. The molecule has 4 nitrogen and oxygen atoms in total. The molecule has 1 spiro atoms. The number of fused-ring (bicyclic) bond motifs is 1. The average molecular weight is 275 g/mol. The van der Waals surface area contributed by atoms with Gasteiger partial charge in [0.2, 0.25) is 0 Å². The van der Waals surface area contributed by atoms with Gasteiger partial charge in [0.25, 0.3) is 0 Å². The second-order valence-electron chi connectivity index (χ2n) is 6.98. The van der Waals surface area contributed by atoms with Crippen LogP contribution in [0.3, 0.4) is 0 Å². The van der Waals surface area contributed by atoms with Crippen LogP contribution in [0.4, 0.5) is 4.79 Å². The van der Waals surface area contributed by atoms with E-state index in [2.05, 4.69) is 6.07 Å². The topological polar surface area (TPSA) is 49.8 Å². The molecule has 1 amide bonds. The molecule has 4 heteroatoms. The van der Waals surface area contributed by atoms with Gasteiger partial charge in [0, 0.05) is 18.5 Å². The number of likely N-dealkylation sites (tertiary alicyclic amines) is 1. The van der Waals surface area contributed by atoms with Crippen molar-refractivity contribution in [1.29, 1.82) is 0 Å². The van der Waals surface area contributed by atoms with Gasteiger partial charge in [0.1, 0.15) is 5.60 Å². The summed E-state index contributed by atoms with van der Waals surface area (Å²) in [4.78, 5) is 13.7. The SMILES string of the molecule is CC(C)(C)OC(=O)N1CC2(Cc3ccccc3C2O)C1. The van der Waals surface area contributed by atoms with E-state index in [0.29, 0.717) is 13.1 Å². The number of carbonyl (C=O) groups excluding carboxylic acids is 1. The molecule has 1 heterocycles. The number of benzene rings is 1. The highest BCUT2D eigenvalue weighted by atomic mass is 16.6. The predicted molar refractivity (Wildman–Crippen MR) is 75.3 cm³/mol. The fraction of sp³-hybridized carbons (Fsp3) is 0.562. The van der Waals surface area contributed by atoms with Crippen LogP contribution < -0.4 is 0 Å². The van der Waals surface area contributed by atoms with Crippen molar-refractivity contribution in [2.45, 2.75) is 38.9 Å². The van der Waals surface area contributed by atoms with E-state index in [0.717, 1.165) is 12.0 Å². The van der Waals surface area contributed by atoms with E-state index in [4.69, 9.17) is 4.74 Å². The summed E-state index contributed by atoms with van der Waals surface area (Å²) in [6.07, 6.45) is 0.0764. The Labute approximate surface area is 119 Å². The van der Waals surface area contributed by atoms with Crippen LogP contribution in [-0.2, 0) is 11.2 Å². The Bertz CT molecular complexity index is 541. The molecule has 0 bridgehead atoms. The lowest BCUT2D eigenvalue weighted by molar-refractivity contribution is -0.0860. The van der Waals surface area contributed by atoms with Gasteiger partial charge in [-0.2, -0.15) is 0 Å². The summed E-state index contributed by atoms with van der Waals surface area (Å²) < 4.78 is 5.36. The quantitative estimate of drug-likeness (QED) is 0.791. The Morgan fingerprint density at radius 1 is 1.35 bits per heavy atom. The van der Waals surface area contributed by atoms with Gasteiger partial charge in [0.15, 0.2) is 0 Å². The normalized spacial score (nSPS) is 23.4. The summed E-state index contributed by atoms with van der Waals surface area (Å²) in [7, 11) is 0. The highest BCUT2D eigenvalue weighted by Crippen LogP contribution is 2.51. The van der Waals surface area contributed by atoms with Crippen molar-refractivity contribution in [1.82, 2.24) is 4.90 Å². The lowest BCUT2D eigenvalue weighted by atomic mass is 9.75. The van der Waals surface area contributed by atoms with Crippen molar-refractivity contribution >= 4 is 6.09 Å². The molecule has 2 aliphatic rings. The third kappa shape index (κ3) is 2.08. The van der Waals surface area contributed by atoms with Crippen molar-refractivity contribution in [2.24, 2.45) is 5.41 Å². The number of hydrogen-bond acceptors (Lipinski definition) is 3. The number of ether oxygens (including phenoxy) is 1. The molecule has 3 rings (SSSR count). The minimum atomic E-state index is -0.475.